The zero-order valence-corrected chi connectivity index (χ0v) is 9.97. The summed E-state index contributed by atoms with van der Waals surface area (Å²) in [6, 6.07) is 6.04. The molecule has 1 heterocycles. The first-order valence-corrected chi connectivity index (χ1v) is 5.45. The number of nitrogens with two attached hydrogens (primary N) is 1. The maximum absolute atomic E-state index is 5.70. The van der Waals surface area contributed by atoms with E-state index in [1.54, 1.807) is 12.4 Å². The first-order valence-electron chi connectivity index (χ1n) is 5.45. The number of aromatic nitrogens is 2. The summed E-state index contributed by atoms with van der Waals surface area (Å²) in [4.78, 5) is 8.28. The number of aryl methyl sites for hydroxylation is 2. The van der Waals surface area contributed by atoms with Gasteiger partial charge in [-0.05, 0) is 31.0 Å². The maximum atomic E-state index is 5.70. The molecule has 0 saturated carbocycles. The molecule has 0 aliphatic rings. The highest BCUT2D eigenvalue weighted by Crippen LogP contribution is 2.24. The highest BCUT2D eigenvalue weighted by molar-refractivity contribution is 5.38. The number of ether oxygens (including phenoxy) is 1. The van der Waals surface area contributed by atoms with Crippen molar-refractivity contribution in [1.82, 2.24) is 9.97 Å². The molecular formula is C13H15N3O. The Bertz CT molecular complexity index is 526. The lowest BCUT2D eigenvalue weighted by Crippen LogP contribution is -2.01. The monoisotopic (exact) mass is 229 g/mol. The standard InChI is InChI=1S/C13H15N3O/c1-9-3-4-10(2)12(5-9)17-13-8-15-7-11(6-14)16-13/h3-5,7-8H,6,14H2,1-2H3. The third-order valence-corrected chi connectivity index (χ3v) is 2.43. The molecule has 0 spiro atoms. The zero-order chi connectivity index (χ0) is 12.3. The van der Waals surface area contributed by atoms with Crippen molar-refractivity contribution in [3.8, 4) is 11.6 Å². The van der Waals surface area contributed by atoms with E-state index in [1.807, 2.05) is 32.0 Å². The number of hydrogen-bond acceptors (Lipinski definition) is 4. The Balaban J connectivity index is 2.27. The van der Waals surface area contributed by atoms with Crippen molar-refractivity contribution in [1.29, 1.82) is 0 Å². The van der Waals surface area contributed by atoms with Crippen LogP contribution in [-0.4, -0.2) is 9.97 Å². The molecular weight excluding hydrogens is 214 g/mol. The summed E-state index contributed by atoms with van der Waals surface area (Å²) in [7, 11) is 0. The Labute approximate surface area is 100 Å². The summed E-state index contributed by atoms with van der Waals surface area (Å²) in [6.07, 6.45) is 3.22. The summed E-state index contributed by atoms with van der Waals surface area (Å²) in [6.45, 7) is 4.38. The van der Waals surface area contributed by atoms with E-state index in [2.05, 4.69) is 9.97 Å². The van der Waals surface area contributed by atoms with Crippen molar-refractivity contribution in [3.63, 3.8) is 0 Å². The first kappa shape index (κ1) is 11.5. The van der Waals surface area contributed by atoms with Gasteiger partial charge in [-0.3, -0.25) is 4.98 Å². The first-order chi connectivity index (χ1) is 8.19. The van der Waals surface area contributed by atoms with Crippen LogP contribution in [0.4, 0.5) is 0 Å². The van der Waals surface area contributed by atoms with E-state index in [0.29, 0.717) is 18.1 Å². The molecule has 0 aliphatic carbocycles. The van der Waals surface area contributed by atoms with Crippen LogP contribution >= 0.6 is 0 Å². The van der Waals surface area contributed by atoms with E-state index in [-0.39, 0.29) is 0 Å². The second-order valence-corrected chi connectivity index (χ2v) is 3.92. The fourth-order valence-electron chi connectivity index (χ4n) is 1.46. The molecule has 2 aromatic rings. The van der Waals surface area contributed by atoms with Crippen LogP contribution in [0.1, 0.15) is 16.8 Å². The molecule has 0 bridgehead atoms. The second kappa shape index (κ2) is 4.93. The lowest BCUT2D eigenvalue weighted by atomic mass is 10.1. The van der Waals surface area contributed by atoms with E-state index in [4.69, 9.17) is 10.5 Å². The van der Waals surface area contributed by atoms with Crippen molar-refractivity contribution < 1.29 is 4.74 Å². The highest BCUT2D eigenvalue weighted by Gasteiger charge is 2.04. The molecule has 0 radical (unpaired) electrons. The maximum Gasteiger partial charge on any atom is 0.238 e. The van der Waals surface area contributed by atoms with Crippen LogP contribution in [0.25, 0.3) is 0 Å². The molecule has 0 atom stereocenters. The van der Waals surface area contributed by atoms with E-state index >= 15 is 0 Å². The summed E-state index contributed by atoms with van der Waals surface area (Å²) in [5.41, 5.74) is 8.44. The van der Waals surface area contributed by atoms with Gasteiger partial charge in [-0.2, -0.15) is 0 Å². The second-order valence-electron chi connectivity index (χ2n) is 3.92. The van der Waals surface area contributed by atoms with E-state index in [0.717, 1.165) is 16.9 Å². The van der Waals surface area contributed by atoms with Gasteiger partial charge in [0.25, 0.3) is 0 Å². The Morgan fingerprint density at radius 2 is 2.06 bits per heavy atom. The molecule has 0 saturated heterocycles. The predicted octanol–water partition coefficient (Wildman–Crippen LogP) is 2.34. The molecule has 0 unspecified atom stereocenters. The minimum absolute atomic E-state index is 0.358. The SMILES string of the molecule is Cc1ccc(C)c(Oc2cncc(CN)n2)c1. The topological polar surface area (TPSA) is 61.0 Å². The van der Waals surface area contributed by atoms with Crippen molar-refractivity contribution in [2.75, 3.05) is 0 Å². The summed E-state index contributed by atoms with van der Waals surface area (Å²) in [5, 5.41) is 0. The normalized spacial score (nSPS) is 10.3. The quantitative estimate of drug-likeness (QED) is 0.877. The van der Waals surface area contributed by atoms with Crippen molar-refractivity contribution >= 4 is 0 Å². The van der Waals surface area contributed by atoms with Gasteiger partial charge in [0.05, 0.1) is 11.9 Å². The van der Waals surface area contributed by atoms with Gasteiger partial charge in [0, 0.05) is 12.7 Å². The van der Waals surface area contributed by atoms with Crippen LogP contribution in [0.3, 0.4) is 0 Å². The van der Waals surface area contributed by atoms with Crippen molar-refractivity contribution in [2.24, 2.45) is 5.73 Å². The largest absolute Gasteiger partial charge is 0.437 e. The molecule has 2 rings (SSSR count). The van der Waals surface area contributed by atoms with Crippen LogP contribution in [0.15, 0.2) is 30.6 Å². The van der Waals surface area contributed by atoms with Gasteiger partial charge >= 0.3 is 0 Å². The number of rotatable bonds is 3. The van der Waals surface area contributed by atoms with Crippen molar-refractivity contribution in [2.45, 2.75) is 20.4 Å². The average molecular weight is 229 g/mol. The van der Waals surface area contributed by atoms with Gasteiger partial charge < -0.3 is 10.5 Å². The molecule has 88 valence electrons. The number of hydrogen-bond donors (Lipinski definition) is 1. The fraction of sp³-hybridized carbons (Fsp3) is 0.231. The van der Waals surface area contributed by atoms with Crippen LogP contribution in [0.2, 0.25) is 0 Å². The fourth-order valence-corrected chi connectivity index (χ4v) is 1.46. The Morgan fingerprint density at radius 1 is 1.24 bits per heavy atom. The Hall–Kier alpha value is -1.94. The molecule has 4 heteroatoms. The summed E-state index contributed by atoms with van der Waals surface area (Å²) < 4.78 is 5.70. The molecule has 1 aromatic carbocycles. The molecule has 0 amide bonds. The van der Waals surface area contributed by atoms with Crippen LogP contribution in [-0.2, 0) is 6.54 Å². The Morgan fingerprint density at radius 3 is 2.82 bits per heavy atom. The third kappa shape index (κ3) is 2.79. The van der Waals surface area contributed by atoms with Crippen LogP contribution in [0, 0.1) is 13.8 Å². The van der Waals surface area contributed by atoms with Gasteiger partial charge in [0.2, 0.25) is 5.88 Å². The lowest BCUT2D eigenvalue weighted by Gasteiger charge is -2.08. The minimum atomic E-state index is 0.358. The van der Waals surface area contributed by atoms with Gasteiger partial charge in [0.15, 0.2) is 0 Å². The van der Waals surface area contributed by atoms with Gasteiger partial charge in [-0.15, -0.1) is 0 Å². The third-order valence-electron chi connectivity index (χ3n) is 2.43. The summed E-state index contributed by atoms with van der Waals surface area (Å²) >= 11 is 0. The Kier molecular flexibility index (Phi) is 3.35. The minimum Gasteiger partial charge on any atom is -0.437 e. The molecule has 0 fully saturated rings. The lowest BCUT2D eigenvalue weighted by molar-refractivity contribution is 0.454. The smallest absolute Gasteiger partial charge is 0.238 e. The molecule has 4 nitrogen and oxygen atoms in total. The van der Waals surface area contributed by atoms with E-state index in [9.17, 15) is 0 Å². The van der Waals surface area contributed by atoms with Gasteiger partial charge in [-0.1, -0.05) is 12.1 Å². The molecule has 17 heavy (non-hydrogen) atoms. The summed E-state index contributed by atoms with van der Waals surface area (Å²) in [5.74, 6) is 1.27. The predicted molar refractivity (Wildman–Crippen MR) is 65.9 cm³/mol. The van der Waals surface area contributed by atoms with Gasteiger partial charge in [0.1, 0.15) is 5.75 Å². The van der Waals surface area contributed by atoms with Crippen LogP contribution in [0.5, 0.6) is 11.6 Å². The zero-order valence-electron chi connectivity index (χ0n) is 9.97. The average Bonchev–Trinajstić information content (AvgIpc) is 2.34. The highest BCUT2D eigenvalue weighted by atomic mass is 16.5. The van der Waals surface area contributed by atoms with Gasteiger partial charge in [-0.25, -0.2) is 4.98 Å². The molecule has 2 N–H and O–H groups in total. The number of benzene rings is 1. The van der Waals surface area contributed by atoms with E-state index in [1.165, 1.54) is 0 Å². The van der Waals surface area contributed by atoms with E-state index < -0.39 is 0 Å². The number of nitrogens with zero attached hydrogens (tertiary/aromatic N) is 2. The molecule has 1 aromatic heterocycles. The van der Waals surface area contributed by atoms with Crippen LogP contribution < -0.4 is 10.5 Å². The molecule has 0 aliphatic heterocycles. The van der Waals surface area contributed by atoms with Crippen molar-refractivity contribution in [3.05, 3.63) is 47.4 Å².